The molecule has 4 rings (SSSR count). The lowest BCUT2D eigenvalue weighted by atomic mass is 10.2. The Bertz CT molecular complexity index is 1350. The Labute approximate surface area is 194 Å². The topological polar surface area (TPSA) is 135 Å². The van der Waals surface area contributed by atoms with Gasteiger partial charge in [-0.15, -0.1) is 10.2 Å². The molecule has 0 aliphatic rings. The van der Waals surface area contributed by atoms with Crippen LogP contribution in [-0.4, -0.2) is 57.6 Å². The van der Waals surface area contributed by atoms with Gasteiger partial charge in [0.2, 0.25) is 0 Å². The lowest BCUT2D eigenvalue weighted by Gasteiger charge is -2.17. The maximum atomic E-state index is 13.3. The van der Waals surface area contributed by atoms with Crippen LogP contribution >= 0.6 is 0 Å². The summed E-state index contributed by atoms with van der Waals surface area (Å²) in [6.07, 6.45) is 4.60. The summed E-state index contributed by atoms with van der Waals surface area (Å²) >= 11 is 0. The molecular formula is C21H21FN6O5S. The van der Waals surface area contributed by atoms with Crippen molar-refractivity contribution in [3.8, 4) is 28.7 Å². The van der Waals surface area contributed by atoms with Crippen LogP contribution in [0.3, 0.4) is 0 Å². The van der Waals surface area contributed by atoms with E-state index in [0.717, 1.165) is 12.4 Å². The maximum Gasteiger partial charge on any atom is 0.190 e. The minimum Gasteiger partial charge on any atom is -0.494 e. The van der Waals surface area contributed by atoms with Crippen molar-refractivity contribution in [2.75, 3.05) is 14.2 Å². The quantitative estimate of drug-likeness (QED) is 0.345. The molecule has 0 aliphatic heterocycles. The van der Waals surface area contributed by atoms with Gasteiger partial charge in [0.1, 0.15) is 40.7 Å². The van der Waals surface area contributed by atoms with Crippen molar-refractivity contribution in [2.45, 2.75) is 24.3 Å². The number of hydrogen-bond acceptors (Lipinski definition) is 10. The standard InChI is InChI=1S/C21H21FN6O5S/c1-13(7-18-23-8-14(22)9-24-18)34(29,30)11-19-26-27-21(15-10-33-12-25-15)28(19)20-16(31-2)5-4-6-17(20)32-3/h4-6,8-10,12-13H,7,11H2,1-3H3/t13-/m0/s1. The number of hydrogen-bond donors (Lipinski definition) is 0. The largest absolute Gasteiger partial charge is 0.494 e. The highest BCUT2D eigenvalue weighted by Crippen LogP contribution is 2.36. The van der Waals surface area contributed by atoms with E-state index in [-0.39, 0.29) is 23.9 Å². The molecule has 0 spiro atoms. The molecule has 0 N–H and O–H groups in total. The van der Waals surface area contributed by atoms with Crippen LogP contribution in [0.15, 0.2) is 47.7 Å². The van der Waals surface area contributed by atoms with Gasteiger partial charge in [0.15, 0.2) is 33.7 Å². The highest BCUT2D eigenvalue weighted by molar-refractivity contribution is 7.91. The van der Waals surface area contributed by atoms with E-state index < -0.39 is 26.7 Å². The number of halogens is 1. The number of aromatic nitrogens is 6. The number of para-hydroxylation sites is 1. The predicted molar refractivity (Wildman–Crippen MR) is 118 cm³/mol. The second-order valence-corrected chi connectivity index (χ2v) is 9.72. The van der Waals surface area contributed by atoms with Gasteiger partial charge >= 0.3 is 0 Å². The molecule has 0 fully saturated rings. The first-order chi connectivity index (χ1) is 16.3. The van der Waals surface area contributed by atoms with E-state index in [1.807, 2.05) is 0 Å². The third-order valence-corrected chi connectivity index (χ3v) is 7.16. The average Bonchev–Trinajstić information content (AvgIpc) is 3.49. The van der Waals surface area contributed by atoms with Gasteiger partial charge in [-0.25, -0.2) is 27.8 Å². The molecule has 0 aliphatic carbocycles. The van der Waals surface area contributed by atoms with Crippen molar-refractivity contribution in [3.05, 3.63) is 60.7 Å². The number of nitrogens with zero attached hydrogens (tertiary/aromatic N) is 6. The van der Waals surface area contributed by atoms with Crippen molar-refractivity contribution in [1.82, 2.24) is 29.7 Å². The Morgan fingerprint density at radius 2 is 1.76 bits per heavy atom. The van der Waals surface area contributed by atoms with Crippen molar-refractivity contribution in [2.24, 2.45) is 0 Å². The highest BCUT2D eigenvalue weighted by Gasteiger charge is 2.29. The number of benzene rings is 1. The zero-order chi connectivity index (χ0) is 24.3. The van der Waals surface area contributed by atoms with E-state index in [2.05, 4.69) is 25.1 Å². The van der Waals surface area contributed by atoms with Gasteiger partial charge in [-0.2, -0.15) is 0 Å². The summed E-state index contributed by atoms with van der Waals surface area (Å²) in [5, 5.41) is 7.44. The molecule has 3 heterocycles. The summed E-state index contributed by atoms with van der Waals surface area (Å²) in [5.74, 6) is 0.350. The minimum atomic E-state index is -3.77. The Morgan fingerprint density at radius 3 is 2.35 bits per heavy atom. The van der Waals surface area contributed by atoms with E-state index in [0.29, 0.717) is 22.9 Å². The Kier molecular flexibility index (Phi) is 6.54. The van der Waals surface area contributed by atoms with Crippen LogP contribution in [0, 0.1) is 5.82 Å². The molecule has 0 saturated heterocycles. The molecule has 13 heteroatoms. The Balaban J connectivity index is 1.77. The third kappa shape index (κ3) is 4.59. The van der Waals surface area contributed by atoms with E-state index >= 15 is 0 Å². The monoisotopic (exact) mass is 488 g/mol. The molecule has 34 heavy (non-hydrogen) atoms. The van der Waals surface area contributed by atoms with Crippen LogP contribution in [0.25, 0.3) is 17.2 Å². The number of oxazole rings is 1. The van der Waals surface area contributed by atoms with Crippen LogP contribution in [0.2, 0.25) is 0 Å². The Morgan fingerprint density at radius 1 is 1.09 bits per heavy atom. The van der Waals surface area contributed by atoms with Gasteiger partial charge < -0.3 is 13.9 Å². The van der Waals surface area contributed by atoms with E-state index in [9.17, 15) is 12.8 Å². The zero-order valence-electron chi connectivity index (χ0n) is 18.5. The first-order valence-electron chi connectivity index (χ1n) is 10.1. The predicted octanol–water partition coefficient (Wildman–Crippen LogP) is 2.41. The molecule has 3 aromatic heterocycles. The summed E-state index contributed by atoms with van der Waals surface area (Å²) in [7, 11) is -0.798. The van der Waals surface area contributed by atoms with Gasteiger partial charge in [0, 0.05) is 6.42 Å². The van der Waals surface area contributed by atoms with Crippen LogP contribution in [0.1, 0.15) is 18.6 Å². The first-order valence-corrected chi connectivity index (χ1v) is 11.8. The fourth-order valence-electron chi connectivity index (χ4n) is 3.34. The smallest absolute Gasteiger partial charge is 0.190 e. The SMILES string of the molecule is COc1cccc(OC)c1-n1c(CS(=O)(=O)[C@@H](C)Cc2ncc(F)cn2)nnc1-c1cocn1. The van der Waals surface area contributed by atoms with Crippen LogP contribution in [0.5, 0.6) is 11.5 Å². The van der Waals surface area contributed by atoms with Crippen molar-refractivity contribution in [1.29, 1.82) is 0 Å². The van der Waals surface area contributed by atoms with Crippen molar-refractivity contribution in [3.63, 3.8) is 0 Å². The molecule has 0 bridgehead atoms. The van der Waals surface area contributed by atoms with Gasteiger partial charge in [-0.05, 0) is 19.1 Å². The van der Waals surface area contributed by atoms with Crippen molar-refractivity contribution >= 4 is 9.84 Å². The van der Waals surface area contributed by atoms with Gasteiger partial charge in [-0.1, -0.05) is 6.07 Å². The number of methoxy groups -OCH3 is 2. The number of ether oxygens (including phenoxy) is 2. The average molecular weight is 489 g/mol. The third-order valence-electron chi connectivity index (χ3n) is 5.10. The second-order valence-electron chi connectivity index (χ2n) is 7.30. The number of rotatable bonds is 9. The van der Waals surface area contributed by atoms with E-state index in [4.69, 9.17) is 13.9 Å². The summed E-state index contributed by atoms with van der Waals surface area (Å²) < 4.78 is 57.2. The minimum absolute atomic E-state index is 0.00483. The molecule has 0 unspecified atom stereocenters. The highest BCUT2D eigenvalue weighted by atomic mass is 32.2. The maximum absolute atomic E-state index is 13.3. The molecule has 178 valence electrons. The zero-order valence-corrected chi connectivity index (χ0v) is 19.4. The summed E-state index contributed by atoms with van der Waals surface area (Å²) in [6, 6.07) is 5.15. The summed E-state index contributed by atoms with van der Waals surface area (Å²) in [5.41, 5.74) is 0.757. The molecule has 1 aromatic carbocycles. The van der Waals surface area contributed by atoms with Crippen LogP contribution < -0.4 is 9.47 Å². The number of sulfone groups is 1. The summed E-state index contributed by atoms with van der Waals surface area (Å²) in [4.78, 5) is 11.8. The lowest BCUT2D eigenvalue weighted by molar-refractivity contribution is 0.390. The first kappa shape index (κ1) is 23.3. The molecular weight excluding hydrogens is 467 g/mol. The molecule has 0 amide bonds. The normalized spacial score (nSPS) is 12.5. The van der Waals surface area contributed by atoms with Crippen LogP contribution in [-0.2, 0) is 22.0 Å². The molecule has 11 nitrogen and oxygen atoms in total. The Hall–Kier alpha value is -3.87. The summed E-state index contributed by atoms with van der Waals surface area (Å²) in [6.45, 7) is 1.53. The van der Waals surface area contributed by atoms with Crippen LogP contribution in [0.4, 0.5) is 4.39 Å². The molecule has 4 aromatic rings. The van der Waals surface area contributed by atoms with Gasteiger partial charge in [0.25, 0.3) is 0 Å². The molecule has 0 radical (unpaired) electrons. The van der Waals surface area contributed by atoms with E-state index in [1.165, 1.54) is 38.4 Å². The molecule has 0 saturated carbocycles. The molecule has 1 atom stereocenters. The van der Waals surface area contributed by atoms with E-state index in [1.54, 1.807) is 18.2 Å². The second kappa shape index (κ2) is 9.55. The fraction of sp³-hybridized carbons (Fsp3) is 0.286. The van der Waals surface area contributed by atoms with Gasteiger partial charge in [0.05, 0.1) is 31.9 Å². The lowest BCUT2D eigenvalue weighted by Crippen LogP contribution is -2.24. The van der Waals surface area contributed by atoms with Gasteiger partial charge in [-0.3, -0.25) is 4.57 Å². The fourth-order valence-corrected chi connectivity index (χ4v) is 4.57. The van der Waals surface area contributed by atoms with Crippen molar-refractivity contribution < 1.29 is 26.7 Å².